The molecule has 3 heteroatoms. The lowest BCUT2D eigenvalue weighted by molar-refractivity contribution is 0.151. The van der Waals surface area contributed by atoms with E-state index in [0.717, 1.165) is 16.8 Å². The van der Waals surface area contributed by atoms with Crippen LogP contribution in [0, 0.1) is 13.8 Å². The van der Waals surface area contributed by atoms with Gasteiger partial charge in [-0.1, -0.05) is 6.07 Å². The lowest BCUT2D eigenvalue weighted by Gasteiger charge is -2.10. The highest BCUT2D eigenvalue weighted by Gasteiger charge is 2.02. The van der Waals surface area contributed by atoms with Crippen molar-refractivity contribution in [3.63, 3.8) is 0 Å². The predicted octanol–water partition coefficient (Wildman–Crippen LogP) is 2.05. The van der Waals surface area contributed by atoms with Crippen LogP contribution in [0.3, 0.4) is 0 Å². The summed E-state index contributed by atoms with van der Waals surface area (Å²) in [4.78, 5) is 0. The molecule has 1 unspecified atom stereocenters. The molecule has 0 aliphatic heterocycles. The largest absolute Gasteiger partial charge is 0.389 e. The van der Waals surface area contributed by atoms with Crippen molar-refractivity contribution < 1.29 is 9.50 Å². The summed E-state index contributed by atoms with van der Waals surface area (Å²) in [5.74, 6) is 0. The molecule has 0 aliphatic rings. The van der Waals surface area contributed by atoms with Gasteiger partial charge in [-0.3, -0.25) is 0 Å². The van der Waals surface area contributed by atoms with Crippen molar-refractivity contribution in [3.8, 4) is 0 Å². The fraction of sp³-hybridized carbons (Fsp3) is 0.455. The molecule has 0 aromatic heterocycles. The molecule has 0 fully saturated rings. The number of benzene rings is 1. The number of aryl methyl sites for hydroxylation is 2. The van der Waals surface area contributed by atoms with E-state index in [1.165, 1.54) is 0 Å². The van der Waals surface area contributed by atoms with Crippen LogP contribution in [0.25, 0.3) is 0 Å². The van der Waals surface area contributed by atoms with Gasteiger partial charge >= 0.3 is 0 Å². The zero-order valence-corrected chi connectivity index (χ0v) is 8.55. The molecule has 0 bridgehead atoms. The van der Waals surface area contributed by atoms with Crippen LogP contribution in [0.2, 0.25) is 0 Å². The third-order valence-corrected chi connectivity index (χ3v) is 1.94. The standard InChI is InChI=1S/C11H16FNO/c1-8-3-9(2)5-10(4-8)13-7-11(14)6-12/h3-5,11,13-14H,6-7H2,1-2H3. The van der Waals surface area contributed by atoms with E-state index in [9.17, 15) is 4.39 Å². The molecule has 14 heavy (non-hydrogen) atoms. The summed E-state index contributed by atoms with van der Waals surface area (Å²) in [7, 11) is 0. The maximum atomic E-state index is 12.0. The minimum Gasteiger partial charge on any atom is -0.389 e. The Morgan fingerprint density at radius 1 is 1.29 bits per heavy atom. The number of halogens is 1. The van der Waals surface area contributed by atoms with Crippen LogP contribution in [-0.2, 0) is 0 Å². The van der Waals surface area contributed by atoms with Crippen LogP contribution < -0.4 is 5.32 Å². The number of hydrogen-bond acceptors (Lipinski definition) is 2. The molecule has 1 rings (SSSR count). The van der Waals surface area contributed by atoms with Gasteiger partial charge in [-0.05, 0) is 37.1 Å². The molecule has 1 aromatic rings. The Balaban J connectivity index is 2.58. The third-order valence-electron chi connectivity index (χ3n) is 1.94. The molecule has 0 saturated carbocycles. The second-order valence-corrected chi connectivity index (χ2v) is 3.57. The van der Waals surface area contributed by atoms with Gasteiger partial charge in [-0.15, -0.1) is 0 Å². The van der Waals surface area contributed by atoms with E-state index < -0.39 is 12.8 Å². The van der Waals surface area contributed by atoms with Crippen molar-refractivity contribution in [2.75, 3.05) is 18.5 Å². The number of anilines is 1. The summed E-state index contributed by atoms with van der Waals surface area (Å²) in [6.07, 6.45) is -0.921. The Hall–Kier alpha value is -1.09. The highest BCUT2D eigenvalue weighted by molar-refractivity contribution is 5.48. The Kier molecular flexibility index (Phi) is 3.89. The van der Waals surface area contributed by atoms with Gasteiger partial charge in [0.15, 0.2) is 0 Å². The van der Waals surface area contributed by atoms with Crippen molar-refractivity contribution in [1.29, 1.82) is 0 Å². The Morgan fingerprint density at radius 2 is 1.86 bits per heavy atom. The highest BCUT2D eigenvalue weighted by atomic mass is 19.1. The van der Waals surface area contributed by atoms with Gasteiger partial charge in [0.25, 0.3) is 0 Å². The zero-order chi connectivity index (χ0) is 10.6. The van der Waals surface area contributed by atoms with Gasteiger partial charge in [0.2, 0.25) is 0 Å². The molecule has 0 spiro atoms. The first kappa shape index (κ1) is 11.0. The first-order chi connectivity index (χ1) is 6.61. The first-order valence-corrected chi connectivity index (χ1v) is 4.68. The molecular formula is C11H16FNO. The minimum absolute atomic E-state index is 0.249. The normalized spacial score (nSPS) is 12.6. The van der Waals surface area contributed by atoms with E-state index in [0.29, 0.717) is 0 Å². The summed E-state index contributed by atoms with van der Waals surface area (Å²) >= 11 is 0. The van der Waals surface area contributed by atoms with Gasteiger partial charge in [-0.25, -0.2) is 4.39 Å². The van der Waals surface area contributed by atoms with Crippen LogP contribution in [0.1, 0.15) is 11.1 Å². The quantitative estimate of drug-likeness (QED) is 0.774. The number of aliphatic hydroxyl groups excluding tert-OH is 1. The second-order valence-electron chi connectivity index (χ2n) is 3.57. The van der Waals surface area contributed by atoms with Crippen molar-refractivity contribution >= 4 is 5.69 Å². The number of hydrogen-bond donors (Lipinski definition) is 2. The monoisotopic (exact) mass is 197 g/mol. The smallest absolute Gasteiger partial charge is 0.117 e. The van der Waals surface area contributed by atoms with Gasteiger partial charge < -0.3 is 10.4 Å². The van der Waals surface area contributed by atoms with Gasteiger partial charge in [0.1, 0.15) is 6.67 Å². The zero-order valence-electron chi connectivity index (χ0n) is 8.55. The number of aliphatic hydroxyl groups is 1. The van der Waals surface area contributed by atoms with E-state index in [-0.39, 0.29) is 6.54 Å². The second kappa shape index (κ2) is 4.96. The number of alkyl halides is 1. The maximum Gasteiger partial charge on any atom is 0.117 e. The van der Waals surface area contributed by atoms with E-state index in [1.807, 2.05) is 26.0 Å². The van der Waals surface area contributed by atoms with Crippen LogP contribution in [0.5, 0.6) is 0 Å². The SMILES string of the molecule is Cc1cc(C)cc(NCC(O)CF)c1. The molecule has 2 nitrogen and oxygen atoms in total. The van der Waals surface area contributed by atoms with Crippen LogP contribution in [-0.4, -0.2) is 24.4 Å². The lowest BCUT2D eigenvalue weighted by atomic mass is 10.1. The van der Waals surface area contributed by atoms with Crippen molar-refractivity contribution in [1.82, 2.24) is 0 Å². The van der Waals surface area contributed by atoms with Gasteiger partial charge in [0.05, 0.1) is 6.10 Å². The van der Waals surface area contributed by atoms with Gasteiger partial charge in [-0.2, -0.15) is 0 Å². The Labute approximate surface area is 83.8 Å². The third kappa shape index (κ3) is 3.34. The fourth-order valence-corrected chi connectivity index (χ4v) is 1.37. The average molecular weight is 197 g/mol. The van der Waals surface area contributed by atoms with Crippen LogP contribution in [0.4, 0.5) is 10.1 Å². The van der Waals surface area contributed by atoms with Crippen molar-refractivity contribution in [2.45, 2.75) is 20.0 Å². The van der Waals surface area contributed by atoms with Crippen LogP contribution >= 0.6 is 0 Å². The van der Waals surface area contributed by atoms with Crippen molar-refractivity contribution in [2.24, 2.45) is 0 Å². The molecule has 0 amide bonds. The van der Waals surface area contributed by atoms with E-state index >= 15 is 0 Å². The summed E-state index contributed by atoms with van der Waals surface area (Å²) in [6.45, 7) is 3.55. The molecule has 1 aromatic carbocycles. The molecule has 1 atom stereocenters. The molecular weight excluding hydrogens is 181 g/mol. The predicted molar refractivity (Wildman–Crippen MR) is 56.4 cm³/mol. The molecule has 0 radical (unpaired) electrons. The van der Waals surface area contributed by atoms with Crippen LogP contribution in [0.15, 0.2) is 18.2 Å². The molecule has 78 valence electrons. The molecule has 0 aliphatic carbocycles. The average Bonchev–Trinajstić information content (AvgIpc) is 2.12. The molecule has 0 saturated heterocycles. The Morgan fingerprint density at radius 3 is 2.36 bits per heavy atom. The topological polar surface area (TPSA) is 32.3 Å². The highest BCUT2D eigenvalue weighted by Crippen LogP contribution is 2.13. The van der Waals surface area contributed by atoms with E-state index in [1.54, 1.807) is 0 Å². The number of rotatable bonds is 4. The number of nitrogens with one attached hydrogen (secondary N) is 1. The van der Waals surface area contributed by atoms with E-state index in [4.69, 9.17) is 5.11 Å². The van der Waals surface area contributed by atoms with Gasteiger partial charge in [0, 0.05) is 12.2 Å². The maximum absolute atomic E-state index is 12.0. The van der Waals surface area contributed by atoms with Crippen molar-refractivity contribution in [3.05, 3.63) is 29.3 Å². The fourth-order valence-electron chi connectivity index (χ4n) is 1.37. The molecule has 0 heterocycles. The Bertz CT molecular complexity index is 281. The summed E-state index contributed by atoms with van der Waals surface area (Å²) in [5.41, 5.74) is 3.24. The summed E-state index contributed by atoms with van der Waals surface area (Å²) < 4.78 is 12.0. The van der Waals surface area contributed by atoms with E-state index in [2.05, 4.69) is 11.4 Å². The summed E-state index contributed by atoms with van der Waals surface area (Å²) in [5, 5.41) is 12.0. The molecule has 2 N–H and O–H groups in total. The first-order valence-electron chi connectivity index (χ1n) is 4.68. The summed E-state index contributed by atoms with van der Waals surface area (Å²) in [6, 6.07) is 6.01. The minimum atomic E-state index is -0.921. The lowest BCUT2D eigenvalue weighted by Crippen LogP contribution is -2.21.